The standard InChI is InChI=1S/C66H54N6/c1-7-19-55-43(13-1)25-31-67-61(55)49-37-50(62-56-20-8-2-14-44(56)26-32-68-62)39-52(64-58-22-10-4-16-46(58)28-34-70-64)41-54(66-60-24-12-6-18-48(60)30-36-72-66)42-53(65-59-23-11-5-17-47(59)29-35-71-65)40-51(38-49)63-57-21-9-3-15-45(57)27-33-69-63/h1-36,49-54H,37-42H2. The molecule has 1 saturated carbocycles. The van der Waals surface area contributed by atoms with Crippen LogP contribution in [0.15, 0.2) is 219 Å². The van der Waals surface area contributed by atoms with Gasteiger partial charge in [0.15, 0.2) is 0 Å². The maximum absolute atomic E-state index is 5.42. The van der Waals surface area contributed by atoms with Crippen LogP contribution in [0.5, 0.6) is 0 Å². The number of rotatable bonds is 6. The van der Waals surface area contributed by atoms with Crippen molar-refractivity contribution in [1.29, 1.82) is 0 Å². The van der Waals surface area contributed by atoms with Crippen molar-refractivity contribution in [2.45, 2.75) is 74.0 Å². The molecule has 0 atom stereocenters. The first-order valence-corrected chi connectivity index (χ1v) is 25.7. The summed E-state index contributed by atoms with van der Waals surface area (Å²) in [6, 6.07) is 65.9. The van der Waals surface area contributed by atoms with Crippen molar-refractivity contribution in [2.75, 3.05) is 0 Å². The quantitative estimate of drug-likeness (QED) is 0.165. The Morgan fingerprint density at radius 1 is 0.194 bits per heavy atom. The number of hydrogen-bond acceptors (Lipinski definition) is 6. The van der Waals surface area contributed by atoms with E-state index in [4.69, 9.17) is 29.9 Å². The van der Waals surface area contributed by atoms with Gasteiger partial charge in [-0.25, -0.2) is 0 Å². The molecule has 6 nitrogen and oxygen atoms in total. The van der Waals surface area contributed by atoms with E-state index in [1.54, 1.807) is 0 Å². The molecule has 0 unspecified atom stereocenters. The van der Waals surface area contributed by atoms with Crippen LogP contribution in [0.4, 0.5) is 0 Å². The number of pyridine rings is 6. The van der Waals surface area contributed by atoms with Crippen LogP contribution in [0.1, 0.15) is 108 Å². The fourth-order valence-corrected chi connectivity index (χ4v) is 12.8. The third-order valence-corrected chi connectivity index (χ3v) is 16.0. The van der Waals surface area contributed by atoms with E-state index in [1.165, 1.54) is 64.6 Å². The van der Waals surface area contributed by atoms with E-state index in [1.807, 2.05) is 37.2 Å². The third kappa shape index (κ3) is 8.30. The number of hydrogen-bond donors (Lipinski definition) is 0. The Balaban J connectivity index is 1.10. The lowest BCUT2D eigenvalue weighted by atomic mass is 9.70. The lowest BCUT2D eigenvalue weighted by Gasteiger charge is -2.35. The van der Waals surface area contributed by atoms with E-state index >= 15 is 0 Å². The zero-order valence-electron chi connectivity index (χ0n) is 40.2. The predicted molar refractivity (Wildman–Crippen MR) is 295 cm³/mol. The summed E-state index contributed by atoms with van der Waals surface area (Å²) >= 11 is 0. The van der Waals surface area contributed by atoms with Gasteiger partial charge in [0.1, 0.15) is 0 Å². The van der Waals surface area contributed by atoms with Crippen LogP contribution in [0.25, 0.3) is 64.6 Å². The molecule has 0 aliphatic heterocycles. The van der Waals surface area contributed by atoms with Crippen molar-refractivity contribution in [3.63, 3.8) is 0 Å². The average molecular weight is 931 g/mol. The molecule has 6 heterocycles. The Morgan fingerprint density at radius 2 is 0.347 bits per heavy atom. The van der Waals surface area contributed by atoms with Crippen LogP contribution in [0.2, 0.25) is 0 Å². The Hall–Kier alpha value is -8.22. The second-order valence-electron chi connectivity index (χ2n) is 20.1. The van der Waals surface area contributed by atoms with Crippen molar-refractivity contribution in [3.05, 3.63) is 253 Å². The molecule has 6 aromatic carbocycles. The molecule has 1 fully saturated rings. The third-order valence-electron chi connectivity index (χ3n) is 16.0. The SMILES string of the molecule is c1ccc2c(C3CC(c4nccc5ccccc45)CC(c4nccc5ccccc45)CC(c4nccc5ccccc45)CC(c4nccc5ccccc45)CC(c4nccc5ccccc45)C3)nccc2c1. The van der Waals surface area contributed by atoms with Crippen LogP contribution in [0, 0.1) is 0 Å². The summed E-state index contributed by atoms with van der Waals surface area (Å²) in [6.07, 6.45) is 17.1. The molecule has 1 aliphatic rings. The number of nitrogens with zero attached hydrogens (tertiary/aromatic N) is 6. The van der Waals surface area contributed by atoms with E-state index < -0.39 is 0 Å². The van der Waals surface area contributed by atoms with Gasteiger partial charge in [0.05, 0.1) is 34.2 Å². The monoisotopic (exact) mass is 930 g/mol. The van der Waals surface area contributed by atoms with Crippen molar-refractivity contribution in [3.8, 4) is 0 Å². The molecule has 6 aromatic heterocycles. The summed E-state index contributed by atoms with van der Waals surface area (Å²) in [5.74, 6) is 0.194. The lowest BCUT2D eigenvalue weighted by molar-refractivity contribution is 0.343. The maximum Gasteiger partial charge on any atom is 0.0513 e. The molecule has 0 saturated heterocycles. The molecule has 72 heavy (non-hydrogen) atoms. The first-order valence-electron chi connectivity index (χ1n) is 25.7. The Bertz CT molecular complexity index is 3220. The van der Waals surface area contributed by atoms with Crippen molar-refractivity contribution in [2.24, 2.45) is 0 Å². The van der Waals surface area contributed by atoms with Gasteiger partial charge < -0.3 is 0 Å². The van der Waals surface area contributed by atoms with Gasteiger partial charge in [0, 0.05) is 105 Å². The number of fused-ring (bicyclic) bond motifs is 6. The van der Waals surface area contributed by atoms with Crippen molar-refractivity contribution in [1.82, 2.24) is 29.9 Å². The van der Waals surface area contributed by atoms with Gasteiger partial charge in [-0.05, 0) is 107 Å². The largest absolute Gasteiger partial charge is 0.260 e. The lowest BCUT2D eigenvalue weighted by Crippen LogP contribution is -2.22. The second kappa shape index (κ2) is 19.2. The van der Waals surface area contributed by atoms with Crippen molar-refractivity contribution < 1.29 is 0 Å². The highest BCUT2D eigenvalue weighted by atomic mass is 14.8. The first kappa shape index (κ1) is 43.8. The molecule has 0 N–H and O–H groups in total. The minimum absolute atomic E-state index is 0.0323. The van der Waals surface area contributed by atoms with Gasteiger partial charge in [-0.3, -0.25) is 29.9 Å². The molecule has 1 aliphatic carbocycles. The van der Waals surface area contributed by atoms with Crippen LogP contribution in [0.3, 0.4) is 0 Å². The first-order chi connectivity index (χ1) is 35.7. The summed E-state index contributed by atoms with van der Waals surface area (Å²) in [7, 11) is 0. The number of aromatic nitrogens is 6. The zero-order chi connectivity index (χ0) is 47.8. The Labute approximate surface area is 419 Å². The second-order valence-corrected chi connectivity index (χ2v) is 20.1. The fourth-order valence-electron chi connectivity index (χ4n) is 12.8. The molecule has 12 aromatic rings. The van der Waals surface area contributed by atoms with Gasteiger partial charge in [-0.15, -0.1) is 0 Å². The van der Waals surface area contributed by atoms with Crippen LogP contribution >= 0.6 is 0 Å². The molecule has 6 heteroatoms. The topological polar surface area (TPSA) is 77.3 Å². The highest BCUT2D eigenvalue weighted by Crippen LogP contribution is 2.51. The van der Waals surface area contributed by atoms with E-state index in [0.717, 1.165) is 72.7 Å². The molecule has 13 rings (SSSR count). The highest BCUT2D eigenvalue weighted by Gasteiger charge is 2.37. The minimum Gasteiger partial charge on any atom is -0.260 e. The smallest absolute Gasteiger partial charge is 0.0513 e. The molecular formula is C66H54N6. The van der Waals surface area contributed by atoms with E-state index in [0.29, 0.717) is 0 Å². The van der Waals surface area contributed by atoms with Gasteiger partial charge in [0.2, 0.25) is 0 Å². The molecule has 0 amide bonds. The molecule has 0 spiro atoms. The summed E-state index contributed by atoms with van der Waals surface area (Å²) < 4.78 is 0. The highest BCUT2D eigenvalue weighted by molar-refractivity contribution is 5.89. The van der Waals surface area contributed by atoms with Crippen LogP contribution in [-0.2, 0) is 0 Å². The van der Waals surface area contributed by atoms with E-state index in [9.17, 15) is 0 Å². The van der Waals surface area contributed by atoms with Gasteiger partial charge >= 0.3 is 0 Å². The Kier molecular flexibility index (Phi) is 11.7. The molecular weight excluding hydrogens is 877 g/mol. The fraction of sp³-hybridized carbons (Fsp3) is 0.182. The minimum atomic E-state index is 0.0323. The summed E-state index contributed by atoms with van der Waals surface area (Å²) in [5.41, 5.74) is 6.82. The zero-order valence-corrected chi connectivity index (χ0v) is 40.2. The normalized spacial score (nSPS) is 20.2. The van der Waals surface area contributed by atoms with E-state index in [2.05, 4.69) is 182 Å². The van der Waals surface area contributed by atoms with Crippen molar-refractivity contribution >= 4 is 64.6 Å². The Morgan fingerprint density at radius 3 is 0.514 bits per heavy atom. The average Bonchev–Trinajstić information content (AvgIpc) is 3.44. The summed E-state index contributed by atoms with van der Waals surface area (Å²) in [6.45, 7) is 0. The summed E-state index contributed by atoms with van der Waals surface area (Å²) in [5, 5.41) is 14.4. The molecule has 0 radical (unpaired) electrons. The van der Waals surface area contributed by atoms with Crippen LogP contribution < -0.4 is 0 Å². The van der Waals surface area contributed by atoms with Crippen LogP contribution in [-0.4, -0.2) is 29.9 Å². The number of benzene rings is 6. The van der Waals surface area contributed by atoms with Gasteiger partial charge in [-0.1, -0.05) is 146 Å². The maximum atomic E-state index is 5.42. The predicted octanol–water partition coefficient (Wildman–Crippen LogP) is 16.3. The van der Waals surface area contributed by atoms with Gasteiger partial charge in [0.25, 0.3) is 0 Å². The molecule has 0 bridgehead atoms. The molecule has 348 valence electrons. The summed E-state index contributed by atoms with van der Waals surface area (Å²) in [4.78, 5) is 32.5. The van der Waals surface area contributed by atoms with Gasteiger partial charge in [-0.2, -0.15) is 0 Å². The van der Waals surface area contributed by atoms with E-state index in [-0.39, 0.29) is 35.5 Å².